The number of carbonyl (C=O) groups is 1. The first-order valence-electron chi connectivity index (χ1n) is 5.41. The molecule has 1 atom stereocenters. The molecular formula is C10H15N5O2. The van der Waals surface area contributed by atoms with Gasteiger partial charge in [0.25, 0.3) is 5.91 Å². The monoisotopic (exact) mass is 237 g/mol. The van der Waals surface area contributed by atoms with E-state index in [4.69, 9.17) is 10.9 Å². The van der Waals surface area contributed by atoms with Crippen molar-refractivity contribution in [3.8, 4) is 0 Å². The number of hydrogen-bond donors (Lipinski definition) is 2. The van der Waals surface area contributed by atoms with Gasteiger partial charge in [0, 0.05) is 19.8 Å². The molecule has 92 valence electrons. The zero-order chi connectivity index (χ0) is 12.4. The Hall–Kier alpha value is -2.05. The predicted molar refractivity (Wildman–Crippen MR) is 60.7 cm³/mol. The fraction of sp³-hybridized carbons (Fsp3) is 0.500. The largest absolute Gasteiger partial charge is 0.409 e. The number of likely N-dealkylation sites (tertiary alicyclic amines) is 1. The van der Waals surface area contributed by atoms with Crippen molar-refractivity contribution in [3.05, 3.63) is 18.0 Å². The van der Waals surface area contributed by atoms with Crippen molar-refractivity contribution in [1.82, 2.24) is 14.7 Å². The summed E-state index contributed by atoms with van der Waals surface area (Å²) in [6.45, 7) is 0.607. The van der Waals surface area contributed by atoms with Crippen LogP contribution >= 0.6 is 0 Å². The van der Waals surface area contributed by atoms with Gasteiger partial charge in [-0.05, 0) is 18.9 Å². The second-order valence-corrected chi connectivity index (χ2v) is 4.06. The van der Waals surface area contributed by atoms with Crippen molar-refractivity contribution < 1.29 is 10.0 Å². The maximum atomic E-state index is 12.1. The summed E-state index contributed by atoms with van der Waals surface area (Å²) in [5, 5.41) is 15.7. The summed E-state index contributed by atoms with van der Waals surface area (Å²) >= 11 is 0. The van der Waals surface area contributed by atoms with E-state index >= 15 is 0 Å². The molecule has 3 N–H and O–H groups in total. The molecule has 1 aromatic rings. The molecule has 0 aromatic carbocycles. The van der Waals surface area contributed by atoms with Crippen LogP contribution in [0.3, 0.4) is 0 Å². The van der Waals surface area contributed by atoms with Crippen molar-refractivity contribution in [1.29, 1.82) is 0 Å². The molecule has 17 heavy (non-hydrogen) atoms. The standard InChI is InChI=1S/C10H15N5O2/c1-14-6-4-7(12-14)10(16)15-5-2-3-8(15)9(11)13-17/h4,6,8,17H,2-3,5H2,1H3,(H2,11,13). The number of aromatic nitrogens is 2. The fourth-order valence-corrected chi connectivity index (χ4v) is 2.06. The smallest absolute Gasteiger partial charge is 0.274 e. The Morgan fingerprint density at radius 3 is 3.06 bits per heavy atom. The van der Waals surface area contributed by atoms with Gasteiger partial charge in [-0.1, -0.05) is 5.16 Å². The Balaban J connectivity index is 2.19. The van der Waals surface area contributed by atoms with Crippen LogP contribution in [0, 0.1) is 0 Å². The number of oxime groups is 1. The van der Waals surface area contributed by atoms with Gasteiger partial charge in [0.15, 0.2) is 5.84 Å². The number of carbonyl (C=O) groups excluding carboxylic acids is 1. The van der Waals surface area contributed by atoms with Crippen LogP contribution in [0.25, 0.3) is 0 Å². The molecule has 2 rings (SSSR count). The summed E-state index contributed by atoms with van der Waals surface area (Å²) in [6.07, 6.45) is 3.27. The average Bonchev–Trinajstić information content (AvgIpc) is 2.95. The number of hydrogen-bond acceptors (Lipinski definition) is 4. The number of amidine groups is 1. The highest BCUT2D eigenvalue weighted by molar-refractivity contribution is 5.97. The third-order valence-corrected chi connectivity index (χ3v) is 2.90. The lowest BCUT2D eigenvalue weighted by Gasteiger charge is -2.22. The summed E-state index contributed by atoms with van der Waals surface area (Å²) in [7, 11) is 1.75. The fourth-order valence-electron chi connectivity index (χ4n) is 2.06. The molecule has 7 nitrogen and oxygen atoms in total. The van der Waals surface area contributed by atoms with Gasteiger partial charge in [-0.3, -0.25) is 9.48 Å². The first-order chi connectivity index (χ1) is 8.13. The first kappa shape index (κ1) is 11.4. The molecule has 2 heterocycles. The molecule has 1 unspecified atom stereocenters. The quantitative estimate of drug-likeness (QED) is 0.321. The predicted octanol–water partition coefficient (Wildman–Crippen LogP) is -0.229. The second kappa shape index (κ2) is 4.44. The molecule has 1 aromatic heterocycles. The summed E-state index contributed by atoms with van der Waals surface area (Å²) in [4.78, 5) is 13.7. The van der Waals surface area contributed by atoms with Crippen LogP contribution < -0.4 is 5.73 Å². The van der Waals surface area contributed by atoms with Crippen LogP contribution in [-0.2, 0) is 7.05 Å². The minimum atomic E-state index is -0.325. The second-order valence-electron chi connectivity index (χ2n) is 4.06. The van der Waals surface area contributed by atoms with E-state index in [1.54, 1.807) is 28.9 Å². The SMILES string of the molecule is Cn1ccc(C(=O)N2CCCC2/C(N)=N/O)n1. The highest BCUT2D eigenvalue weighted by Gasteiger charge is 2.33. The molecule has 1 aliphatic rings. The molecular weight excluding hydrogens is 222 g/mol. The van der Waals surface area contributed by atoms with Gasteiger partial charge in [-0.15, -0.1) is 0 Å². The summed E-state index contributed by atoms with van der Waals surface area (Å²) in [6, 6.07) is 1.33. The van der Waals surface area contributed by atoms with Crippen molar-refractivity contribution in [3.63, 3.8) is 0 Å². The van der Waals surface area contributed by atoms with Gasteiger partial charge in [0.2, 0.25) is 0 Å². The zero-order valence-corrected chi connectivity index (χ0v) is 9.58. The molecule has 1 aliphatic heterocycles. The molecule has 0 radical (unpaired) electrons. The molecule has 7 heteroatoms. The van der Waals surface area contributed by atoms with Crippen LogP contribution in [0.4, 0.5) is 0 Å². The highest BCUT2D eigenvalue weighted by Crippen LogP contribution is 2.19. The van der Waals surface area contributed by atoms with Crippen LogP contribution in [0.1, 0.15) is 23.3 Å². The molecule has 1 fully saturated rings. The van der Waals surface area contributed by atoms with Crippen LogP contribution in [-0.4, -0.2) is 44.2 Å². The Bertz CT molecular complexity index is 453. The van der Waals surface area contributed by atoms with Gasteiger partial charge in [-0.2, -0.15) is 5.10 Å². The van der Waals surface area contributed by atoms with Gasteiger partial charge in [0.1, 0.15) is 5.69 Å². The van der Waals surface area contributed by atoms with Crippen LogP contribution in [0.15, 0.2) is 17.4 Å². The number of nitrogens with zero attached hydrogens (tertiary/aromatic N) is 4. The molecule has 1 saturated heterocycles. The summed E-state index contributed by atoms with van der Waals surface area (Å²) in [5.74, 6) is -0.105. The minimum absolute atomic E-state index is 0.0757. The zero-order valence-electron chi connectivity index (χ0n) is 9.58. The van der Waals surface area contributed by atoms with E-state index in [0.717, 1.165) is 6.42 Å². The normalized spacial score (nSPS) is 20.9. The molecule has 0 spiro atoms. The third-order valence-electron chi connectivity index (χ3n) is 2.90. The van der Waals surface area contributed by atoms with E-state index in [0.29, 0.717) is 18.7 Å². The first-order valence-corrected chi connectivity index (χ1v) is 5.41. The van der Waals surface area contributed by atoms with Crippen molar-refractivity contribution in [2.45, 2.75) is 18.9 Å². The molecule has 1 amide bonds. The van der Waals surface area contributed by atoms with E-state index in [1.165, 1.54) is 0 Å². The molecule has 0 bridgehead atoms. The van der Waals surface area contributed by atoms with Gasteiger partial charge < -0.3 is 15.8 Å². The van der Waals surface area contributed by atoms with Gasteiger partial charge in [-0.25, -0.2) is 0 Å². The minimum Gasteiger partial charge on any atom is -0.409 e. The molecule has 0 aliphatic carbocycles. The van der Waals surface area contributed by atoms with Crippen molar-refractivity contribution in [2.24, 2.45) is 17.9 Å². The van der Waals surface area contributed by atoms with E-state index in [-0.39, 0.29) is 17.8 Å². The number of amides is 1. The Morgan fingerprint density at radius 2 is 2.47 bits per heavy atom. The number of nitrogens with two attached hydrogens (primary N) is 1. The lowest BCUT2D eigenvalue weighted by atomic mass is 10.2. The highest BCUT2D eigenvalue weighted by atomic mass is 16.4. The van der Waals surface area contributed by atoms with Crippen LogP contribution in [0.2, 0.25) is 0 Å². The average molecular weight is 237 g/mol. The van der Waals surface area contributed by atoms with E-state index in [9.17, 15) is 4.79 Å². The van der Waals surface area contributed by atoms with E-state index in [2.05, 4.69) is 10.3 Å². The van der Waals surface area contributed by atoms with Crippen molar-refractivity contribution >= 4 is 11.7 Å². The number of aryl methyl sites for hydroxylation is 1. The Kier molecular flexibility index (Phi) is 2.99. The molecule has 0 saturated carbocycles. The lowest BCUT2D eigenvalue weighted by molar-refractivity contribution is 0.0761. The topological polar surface area (TPSA) is 96.7 Å². The third kappa shape index (κ3) is 2.08. The number of rotatable bonds is 2. The van der Waals surface area contributed by atoms with Crippen molar-refractivity contribution in [2.75, 3.05) is 6.54 Å². The van der Waals surface area contributed by atoms with Gasteiger partial charge in [0.05, 0.1) is 6.04 Å². The maximum absolute atomic E-state index is 12.1. The lowest BCUT2D eigenvalue weighted by Crippen LogP contribution is -2.44. The maximum Gasteiger partial charge on any atom is 0.274 e. The summed E-state index contributed by atoms with van der Waals surface area (Å²) in [5.41, 5.74) is 5.95. The van der Waals surface area contributed by atoms with E-state index in [1.807, 2.05) is 0 Å². The van der Waals surface area contributed by atoms with E-state index < -0.39 is 0 Å². The Morgan fingerprint density at radius 1 is 1.71 bits per heavy atom. The van der Waals surface area contributed by atoms with Crippen LogP contribution in [0.5, 0.6) is 0 Å². The Labute approximate surface area is 98.5 Å². The van der Waals surface area contributed by atoms with Gasteiger partial charge >= 0.3 is 0 Å². The summed E-state index contributed by atoms with van der Waals surface area (Å²) < 4.78 is 1.57.